The Labute approximate surface area is 121 Å². The van der Waals surface area contributed by atoms with Crippen molar-refractivity contribution in [1.29, 1.82) is 0 Å². The Morgan fingerprint density at radius 1 is 1.52 bits per heavy atom. The summed E-state index contributed by atoms with van der Waals surface area (Å²) < 4.78 is 25.7. The fraction of sp³-hybridized carbons (Fsp3) is 0.250. The lowest BCUT2D eigenvalue weighted by Crippen LogP contribution is -2.43. The molecule has 0 unspecified atom stereocenters. The van der Waals surface area contributed by atoms with Crippen molar-refractivity contribution < 1.29 is 23.2 Å². The summed E-state index contributed by atoms with van der Waals surface area (Å²) in [7, 11) is -4.34. The van der Waals surface area contributed by atoms with Crippen LogP contribution < -0.4 is 0 Å². The maximum atomic E-state index is 12.5. The van der Waals surface area contributed by atoms with Gasteiger partial charge in [0.1, 0.15) is 6.04 Å². The topological polar surface area (TPSA) is 118 Å². The monoisotopic (exact) mass is 314 g/mol. The van der Waals surface area contributed by atoms with Crippen molar-refractivity contribution in [2.45, 2.75) is 17.9 Å². The average Bonchev–Trinajstić information content (AvgIpc) is 2.43. The third-order valence-corrected chi connectivity index (χ3v) is 4.73. The Bertz CT molecular complexity index is 670. The van der Waals surface area contributed by atoms with E-state index in [-0.39, 0.29) is 6.54 Å². The van der Waals surface area contributed by atoms with Gasteiger partial charge < -0.3 is 5.11 Å². The van der Waals surface area contributed by atoms with Gasteiger partial charge in [0.25, 0.3) is 15.7 Å². The second-order valence-electron chi connectivity index (χ2n) is 4.10. The lowest BCUT2D eigenvalue weighted by atomic mass is 10.3. The van der Waals surface area contributed by atoms with E-state index in [0.717, 1.165) is 12.1 Å². The molecule has 0 amide bonds. The lowest BCUT2D eigenvalue weighted by molar-refractivity contribution is -0.387. The Morgan fingerprint density at radius 2 is 2.10 bits per heavy atom. The molecular weight excluding hydrogens is 300 g/mol. The molecule has 0 spiro atoms. The molecule has 0 aliphatic carbocycles. The molecule has 1 aromatic carbocycles. The predicted molar refractivity (Wildman–Crippen MR) is 74.3 cm³/mol. The zero-order chi connectivity index (χ0) is 16.2. The van der Waals surface area contributed by atoms with Gasteiger partial charge in [-0.05, 0) is 13.0 Å². The molecule has 0 aromatic heterocycles. The van der Waals surface area contributed by atoms with Crippen LogP contribution in [-0.4, -0.2) is 41.3 Å². The molecule has 0 saturated carbocycles. The largest absolute Gasteiger partial charge is 0.480 e. The first-order valence-corrected chi connectivity index (χ1v) is 7.26. The summed E-state index contributed by atoms with van der Waals surface area (Å²) in [5, 5.41) is 19.9. The van der Waals surface area contributed by atoms with Crippen LogP contribution in [0, 0.1) is 10.1 Å². The van der Waals surface area contributed by atoms with E-state index in [1.807, 2.05) is 0 Å². The first kappa shape index (κ1) is 16.8. The molecular formula is C12H14N2O6S. The summed E-state index contributed by atoms with van der Waals surface area (Å²) in [6.45, 7) is 4.28. The summed E-state index contributed by atoms with van der Waals surface area (Å²) in [5.41, 5.74) is -0.607. The lowest BCUT2D eigenvalue weighted by Gasteiger charge is -2.24. The molecule has 9 heteroatoms. The number of aliphatic carboxylic acids is 1. The number of hydrogen-bond donors (Lipinski definition) is 1. The maximum absolute atomic E-state index is 12.5. The van der Waals surface area contributed by atoms with Crippen molar-refractivity contribution in [3.63, 3.8) is 0 Å². The number of nitro benzene ring substituents is 1. The number of carboxylic acid groups (broad SMARTS) is 1. The van der Waals surface area contributed by atoms with Crippen LogP contribution >= 0.6 is 0 Å². The fourth-order valence-corrected chi connectivity index (χ4v) is 3.39. The fourth-order valence-electron chi connectivity index (χ4n) is 1.67. The van der Waals surface area contributed by atoms with Crippen molar-refractivity contribution in [1.82, 2.24) is 4.31 Å². The maximum Gasteiger partial charge on any atom is 0.321 e. The third kappa shape index (κ3) is 3.44. The number of carboxylic acids is 1. The Kier molecular flexibility index (Phi) is 5.17. The molecule has 0 fully saturated rings. The molecule has 1 N–H and O–H groups in total. The van der Waals surface area contributed by atoms with Crippen LogP contribution in [0.4, 0.5) is 5.69 Å². The van der Waals surface area contributed by atoms with E-state index in [1.165, 1.54) is 25.1 Å². The van der Waals surface area contributed by atoms with Gasteiger partial charge in [0, 0.05) is 12.6 Å². The SMILES string of the molecule is C=CCN([C@@H](C)C(=O)O)S(=O)(=O)c1ccccc1[N+](=O)[O-]. The van der Waals surface area contributed by atoms with E-state index in [4.69, 9.17) is 5.11 Å². The van der Waals surface area contributed by atoms with E-state index in [9.17, 15) is 23.3 Å². The second-order valence-corrected chi connectivity index (χ2v) is 5.96. The van der Waals surface area contributed by atoms with Gasteiger partial charge in [-0.1, -0.05) is 18.2 Å². The van der Waals surface area contributed by atoms with Crippen molar-refractivity contribution in [3.8, 4) is 0 Å². The molecule has 21 heavy (non-hydrogen) atoms. The summed E-state index contributed by atoms with van der Waals surface area (Å²) in [4.78, 5) is 20.6. The molecule has 0 radical (unpaired) electrons. The molecule has 0 saturated heterocycles. The standard InChI is InChI=1S/C12H14N2O6S/c1-3-8-13(9(2)12(15)16)21(19,20)11-7-5-4-6-10(11)14(17)18/h3-7,9H,1,8H2,2H3,(H,15,16)/t9-/m0/s1. The smallest absolute Gasteiger partial charge is 0.321 e. The molecule has 0 aliphatic rings. The molecule has 0 bridgehead atoms. The van der Waals surface area contributed by atoms with Crippen LogP contribution in [-0.2, 0) is 14.8 Å². The minimum Gasteiger partial charge on any atom is -0.480 e. The van der Waals surface area contributed by atoms with E-state index < -0.39 is 37.5 Å². The number of hydrogen-bond acceptors (Lipinski definition) is 5. The molecule has 114 valence electrons. The van der Waals surface area contributed by atoms with Crippen molar-refractivity contribution in [2.75, 3.05) is 6.54 Å². The Balaban J connectivity index is 3.46. The van der Waals surface area contributed by atoms with Crippen LogP contribution in [0.15, 0.2) is 41.8 Å². The number of carbonyl (C=O) groups is 1. The number of sulfonamides is 1. The summed E-state index contributed by atoms with van der Waals surface area (Å²) >= 11 is 0. The van der Waals surface area contributed by atoms with Crippen LogP contribution in [0.5, 0.6) is 0 Å². The molecule has 1 rings (SSSR count). The number of para-hydroxylation sites is 1. The highest BCUT2D eigenvalue weighted by molar-refractivity contribution is 7.89. The van der Waals surface area contributed by atoms with Crippen LogP contribution in [0.2, 0.25) is 0 Å². The molecule has 1 aromatic rings. The Morgan fingerprint density at radius 3 is 2.57 bits per heavy atom. The first-order valence-electron chi connectivity index (χ1n) is 5.82. The van der Waals surface area contributed by atoms with Crippen molar-refractivity contribution in [2.24, 2.45) is 0 Å². The van der Waals surface area contributed by atoms with Gasteiger partial charge in [-0.15, -0.1) is 6.58 Å². The third-order valence-electron chi connectivity index (χ3n) is 2.75. The minimum atomic E-state index is -4.34. The summed E-state index contributed by atoms with van der Waals surface area (Å²) in [5.74, 6) is -1.36. The van der Waals surface area contributed by atoms with Gasteiger partial charge in [0.15, 0.2) is 4.90 Å². The predicted octanol–water partition coefficient (Wildman–Crippen LogP) is 1.24. The molecule has 0 heterocycles. The van der Waals surface area contributed by atoms with Gasteiger partial charge in [0.05, 0.1) is 4.92 Å². The van der Waals surface area contributed by atoms with Crippen LogP contribution in [0.1, 0.15) is 6.92 Å². The van der Waals surface area contributed by atoms with Crippen molar-refractivity contribution in [3.05, 3.63) is 47.0 Å². The van der Waals surface area contributed by atoms with E-state index >= 15 is 0 Å². The quantitative estimate of drug-likeness (QED) is 0.459. The second kappa shape index (κ2) is 6.46. The van der Waals surface area contributed by atoms with Gasteiger partial charge >= 0.3 is 5.97 Å². The van der Waals surface area contributed by atoms with Gasteiger partial charge in [-0.25, -0.2) is 8.42 Å². The number of nitrogens with zero attached hydrogens (tertiary/aromatic N) is 2. The van der Waals surface area contributed by atoms with Gasteiger partial charge in [-0.2, -0.15) is 4.31 Å². The van der Waals surface area contributed by atoms with Crippen LogP contribution in [0.3, 0.4) is 0 Å². The van der Waals surface area contributed by atoms with E-state index in [1.54, 1.807) is 0 Å². The Hall–Kier alpha value is -2.26. The van der Waals surface area contributed by atoms with Gasteiger partial charge in [-0.3, -0.25) is 14.9 Å². The van der Waals surface area contributed by atoms with E-state index in [2.05, 4.69) is 6.58 Å². The average molecular weight is 314 g/mol. The number of rotatable bonds is 7. The highest BCUT2D eigenvalue weighted by Gasteiger charge is 2.36. The molecule has 0 aliphatic heterocycles. The summed E-state index contributed by atoms with van der Waals surface area (Å²) in [6.07, 6.45) is 1.21. The van der Waals surface area contributed by atoms with Gasteiger partial charge in [0.2, 0.25) is 0 Å². The zero-order valence-electron chi connectivity index (χ0n) is 11.2. The highest BCUT2D eigenvalue weighted by Crippen LogP contribution is 2.27. The minimum absolute atomic E-state index is 0.276. The first-order chi connectivity index (χ1) is 9.73. The highest BCUT2D eigenvalue weighted by atomic mass is 32.2. The molecule has 8 nitrogen and oxygen atoms in total. The van der Waals surface area contributed by atoms with Crippen molar-refractivity contribution >= 4 is 21.7 Å². The van der Waals surface area contributed by atoms with E-state index in [0.29, 0.717) is 4.31 Å². The summed E-state index contributed by atoms with van der Waals surface area (Å²) in [6, 6.07) is 3.39. The number of nitro groups is 1. The zero-order valence-corrected chi connectivity index (χ0v) is 12.0. The normalized spacial score (nSPS) is 12.9. The van der Waals surface area contributed by atoms with Crippen LogP contribution in [0.25, 0.3) is 0 Å². The molecule has 1 atom stereocenters. The number of benzene rings is 1.